The molecule has 1 aromatic rings. The molecular formula is C12H12O2. The van der Waals surface area contributed by atoms with Crippen LogP contribution in [0.1, 0.15) is 21.5 Å². The zero-order valence-corrected chi connectivity index (χ0v) is 8.12. The lowest BCUT2D eigenvalue weighted by Crippen LogP contribution is -2.03. The summed E-state index contributed by atoms with van der Waals surface area (Å²) in [4.78, 5) is 11.4. The summed E-state index contributed by atoms with van der Waals surface area (Å²) in [5.41, 5.74) is 2.35. The first kappa shape index (κ1) is 10.3. The summed E-state index contributed by atoms with van der Waals surface area (Å²) in [6.07, 6.45) is 2.84. The summed E-state index contributed by atoms with van der Waals surface area (Å²) in [6.45, 7) is 8.86. The van der Waals surface area contributed by atoms with Crippen molar-refractivity contribution in [2.75, 3.05) is 0 Å². The van der Waals surface area contributed by atoms with Crippen LogP contribution in [0.5, 0.6) is 0 Å². The fourth-order valence-corrected chi connectivity index (χ4v) is 1.23. The molecule has 1 aromatic carbocycles. The Morgan fingerprint density at radius 1 is 1.43 bits per heavy atom. The molecule has 0 aromatic heterocycles. The number of hydrogen-bond acceptors (Lipinski definition) is 2. The minimum atomic E-state index is -0.388. The van der Waals surface area contributed by atoms with E-state index in [0.717, 1.165) is 17.4 Å². The van der Waals surface area contributed by atoms with Gasteiger partial charge < -0.3 is 4.74 Å². The van der Waals surface area contributed by atoms with E-state index in [9.17, 15) is 4.79 Å². The molecule has 0 radical (unpaired) electrons. The van der Waals surface area contributed by atoms with E-state index in [-0.39, 0.29) is 5.97 Å². The predicted molar refractivity (Wildman–Crippen MR) is 56.9 cm³/mol. The molecule has 2 heteroatoms. The standard InChI is InChI=1S/C12H12O2/c1-4-10-7-6-8-11(9(10)3)12(13)14-5-2/h4-8H,1-2H2,3H3. The zero-order chi connectivity index (χ0) is 10.6. The maximum Gasteiger partial charge on any atom is 0.343 e. The van der Waals surface area contributed by atoms with Crippen molar-refractivity contribution >= 4 is 12.0 Å². The molecule has 0 atom stereocenters. The molecule has 2 nitrogen and oxygen atoms in total. The summed E-state index contributed by atoms with van der Waals surface area (Å²) in [5.74, 6) is -0.388. The van der Waals surface area contributed by atoms with E-state index in [0.29, 0.717) is 5.56 Å². The van der Waals surface area contributed by atoms with Gasteiger partial charge in [0.1, 0.15) is 0 Å². The Morgan fingerprint density at radius 3 is 2.71 bits per heavy atom. The van der Waals surface area contributed by atoms with Crippen LogP contribution < -0.4 is 0 Å². The first-order chi connectivity index (χ1) is 6.70. The Hall–Kier alpha value is -1.83. The Kier molecular flexibility index (Phi) is 3.24. The summed E-state index contributed by atoms with van der Waals surface area (Å²) >= 11 is 0. The predicted octanol–water partition coefficient (Wildman–Crippen LogP) is 2.94. The average Bonchev–Trinajstić information content (AvgIpc) is 2.18. The van der Waals surface area contributed by atoms with E-state index in [1.54, 1.807) is 18.2 Å². The van der Waals surface area contributed by atoms with Crippen molar-refractivity contribution in [3.8, 4) is 0 Å². The van der Waals surface area contributed by atoms with Crippen LogP contribution in [-0.4, -0.2) is 5.97 Å². The molecular weight excluding hydrogens is 176 g/mol. The molecule has 14 heavy (non-hydrogen) atoms. The normalized spacial score (nSPS) is 9.21. The van der Waals surface area contributed by atoms with Crippen molar-refractivity contribution in [3.63, 3.8) is 0 Å². The van der Waals surface area contributed by atoms with Crippen molar-refractivity contribution in [1.82, 2.24) is 0 Å². The second-order valence-electron chi connectivity index (χ2n) is 2.80. The topological polar surface area (TPSA) is 26.3 Å². The highest BCUT2D eigenvalue weighted by molar-refractivity contribution is 5.92. The highest BCUT2D eigenvalue weighted by Crippen LogP contribution is 2.15. The van der Waals surface area contributed by atoms with Crippen molar-refractivity contribution in [2.45, 2.75) is 6.92 Å². The monoisotopic (exact) mass is 188 g/mol. The van der Waals surface area contributed by atoms with Gasteiger partial charge in [-0.2, -0.15) is 0 Å². The smallest absolute Gasteiger partial charge is 0.343 e. The Labute approximate surface area is 83.5 Å². The minimum Gasteiger partial charge on any atom is -0.432 e. The molecule has 0 saturated carbocycles. The highest BCUT2D eigenvalue weighted by Gasteiger charge is 2.10. The maximum atomic E-state index is 11.4. The first-order valence-corrected chi connectivity index (χ1v) is 4.24. The fraction of sp³-hybridized carbons (Fsp3) is 0.0833. The van der Waals surface area contributed by atoms with Gasteiger partial charge in [-0.05, 0) is 24.1 Å². The van der Waals surface area contributed by atoms with Gasteiger partial charge in [-0.25, -0.2) is 4.79 Å². The number of ether oxygens (including phenoxy) is 1. The van der Waals surface area contributed by atoms with Gasteiger partial charge in [0, 0.05) is 0 Å². The molecule has 0 unspecified atom stereocenters. The molecule has 0 aliphatic heterocycles. The van der Waals surface area contributed by atoms with Crippen LogP contribution in [0, 0.1) is 6.92 Å². The second kappa shape index (κ2) is 4.42. The summed E-state index contributed by atoms with van der Waals surface area (Å²) in [7, 11) is 0. The molecule has 0 heterocycles. The Bertz CT molecular complexity index is 378. The van der Waals surface area contributed by atoms with Crippen LogP contribution in [0.4, 0.5) is 0 Å². The van der Waals surface area contributed by atoms with Gasteiger partial charge in [0.15, 0.2) is 0 Å². The van der Waals surface area contributed by atoms with Gasteiger partial charge in [-0.3, -0.25) is 0 Å². The number of hydrogen-bond donors (Lipinski definition) is 0. The second-order valence-corrected chi connectivity index (χ2v) is 2.80. The molecule has 1 rings (SSSR count). The number of benzene rings is 1. The van der Waals surface area contributed by atoms with Crippen molar-refractivity contribution in [2.24, 2.45) is 0 Å². The molecule has 72 valence electrons. The van der Waals surface area contributed by atoms with Crippen molar-refractivity contribution in [1.29, 1.82) is 0 Å². The van der Waals surface area contributed by atoms with Gasteiger partial charge in [0.05, 0.1) is 11.8 Å². The van der Waals surface area contributed by atoms with E-state index >= 15 is 0 Å². The molecule has 0 amide bonds. The van der Waals surface area contributed by atoms with E-state index in [2.05, 4.69) is 13.2 Å². The van der Waals surface area contributed by atoms with Crippen LogP contribution in [0.2, 0.25) is 0 Å². The van der Waals surface area contributed by atoms with Gasteiger partial charge >= 0.3 is 5.97 Å². The zero-order valence-electron chi connectivity index (χ0n) is 8.12. The van der Waals surface area contributed by atoms with Crippen LogP contribution in [-0.2, 0) is 4.74 Å². The van der Waals surface area contributed by atoms with E-state index in [1.165, 1.54) is 0 Å². The SMILES string of the molecule is C=COC(=O)c1cccc(C=C)c1C. The number of esters is 1. The van der Waals surface area contributed by atoms with Crippen molar-refractivity contribution in [3.05, 3.63) is 54.3 Å². The summed E-state index contributed by atoms with van der Waals surface area (Å²) in [6, 6.07) is 5.41. The van der Waals surface area contributed by atoms with Gasteiger partial charge in [0.2, 0.25) is 0 Å². The lowest BCUT2D eigenvalue weighted by atomic mass is 10.0. The molecule has 0 saturated heterocycles. The molecule has 0 aliphatic carbocycles. The summed E-state index contributed by atoms with van der Waals surface area (Å²) in [5, 5.41) is 0. The van der Waals surface area contributed by atoms with E-state index < -0.39 is 0 Å². The van der Waals surface area contributed by atoms with Crippen LogP contribution in [0.15, 0.2) is 37.6 Å². The maximum absolute atomic E-state index is 11.4. The van der Waals surface area contributed by atoms with E-state index in [4.69, 9.17) is 4.74 Å². The van der Waals surface area contributed by atoms with Gasteiger partial charge in [-0.15, -0.1) is 0 Å². The quantitative estimate of drug-likeness (QED) is 0.538. The third-order valence-electron chi connectivity index (χ3n) is 2.01. The van der Waals surface area contributed by atoms with Crippen LogP contribution >= 0.6 is 0 Å². The first-order valence-electron chi connectivity index (χ1n) is 4.24. The number of carbonyl (C=O) groups is 1. The minimum absolute atomic E-state index is 0.388. The molecule has 0 N–H and O–H groups in total. The largest absolute Gasteiger partial charge is 0.432 e. The lowest BCUT2D eigenvalue weighted by molar-refractivity contribution is 0.0663. The molecule has 0 fully saturated rings. The number of rotatable bonds is 3. The molecule has 0 spiro atoms. The fourth-order valence-electron chi connectivity index (χ4n) is 1.23. The lowest BCUT2D eigenvalue weighted by Gasteiger charge is -2.05. The van der Waals surface area contributed by atoms with E-state index in [1.807, 2.05) is 13.0 Å². The molecule has 0 aliphatic rings. The van der Waals surface area contributed by atoms with Crippen LogP contribution in [0.25, 0.3) is 6.08 Å². The van der Waals surface area contributed by atoms with Crippen molar-refractivity contribution < 1.29 is 9.53 Å². The van der Waals surface area contributed by atoms with Gasteiger partial charge in [-0.1, -0.05) is 31.4 Å². The van der Waals surface area contributed by atoms with Crippen LogP contribution in [0.3, 0.4) is 0 Å². The summed E-state index contributed by atoms with van der Waals surface area (Å²) < 4.78 is 4.70. The number of carbonyl (C=O) groups excluding carboxylic acids is 1. The Balaban J connectivity index is 3.15. The van der Waals surface area contributed by atoms with Gasteiger partial charge in [0.25, 0.3) is 0 Å². The third kappa shape index (κ3) is 1.91. The highest BCUT2D eigenvalue weighted by atomic mass is 16.5. The molecule has 0 bridgehead atoms. The third-order valence-corrected chi connectivity index (χ3v) is 2.01. The Morgan fingerprint density at radius 2 is 2.14 bits per heavy atom. The average molecular weight is 188 g/mol.